The molecule has 5 nitrogen and oxygen atoms in total. The van der Waals surface area contributed by atoms with Gasteiger partial charge in [0.15, 0.2) is 0 Å². The molecule has 0 amide bonds. The van der Waals surface area contributed by atoms with E-state index in [4.69, 9.17) is 4.74 Å². The lowest BCUT2D eigenvalue weighted by atomic mass is 9.41. The van der Waals surface area contributed by atoms with Gasteiger partial charge in [-0.1, -0.05) is 121 Å². The topological polar surface area (TPSA) is 87.0 Å². The molecule has 22 atom stereocenters. The summed E-state index contributed by atoms with van der Waals surface area (Å²) >= 11 is 0. The van der Waals surface area contributed by atoms with E-state index >= 15 is 0 Å². The van der Waals surface area contributed by atoms with Gasteiger partial charge in [0, 0.05) is 6.08 Å². The number of allylic oxidation sites excluding steroid dienone is 2. The quantitative estimate of drug-likeness (QED) is 0.129. The normalized spacial score (nSPS) is 51.0. The Balaban J connectivity index is 0.000000201. The molecule has 8 fully saturated rings. The first-order valence-corrected chi connectivity index (χ1v) is 25.8. The van der Waals surface area contributed by atoms with Gasteiger partial charge in [0.1, 0.15) is 0 Å². The molecule has 8 saturated carbocycles. The highest BCUT2D eigenvalue weighted by atomic mass is 16.5. The molecule has 0 radical (unpaired) electrons. The Morgan fingerprint density at radius 3 is 1.41 bits per heavy atom. The molecule has 5 heteroatoms. The minimum absolute atomic E-state index is 0. The standard InChI is InChI=1S/C28H46O3.C27H46O2.CH4/c1-7-19-23-16-17(2)12-14-28(23,5)22-13-15-27(4)20(18(3)8-11-24(29)31-6)9-10-21(27)25(22)26(19)30;1-6-19-23-16-17(2)11-13-27(23,5)22-12-14-26(4)20(18(3)8-7-15-28)9-10-21(26)24(22)25(19)29;/h8,11,17-23,25-26,30H,7,9-10,12-16H2,1-6H3;7-8,17-25,28-29H,6,9-16H2,1-5H3;1H4/b11-8+;8-7+;/t17-,18-,19-,20-,21+,22+,23+,25+,26-,27-,28-;17-,18-,19-,20-,21+,22+,23+,24+,25-,26-,27-;/m11./s1. The summed E-state index contributed by atoms with van der Waals surface area (Å²) in [6.07, 6.45) is 28.3. The number of carbonyl (C=O) groups excluding carboxylic acids is 1. The van der Waals surface area contributed by atoms with Crippen LogP contribution in [-0.2, 0) is 9.53 Å². The molecule has 350 valence electrons. The fourth-order valence-electron chi connectivity index (χ4n) is 19.0. The first-order chi connectivity index (χ1) is 28.4. The average molecular weight is 849 g/mol. The maximum Gasteiger partial charge on any atom is 0.330 e. The van der Waals surface area contributed by atoms with E-state index in [2.05, 4.69) is 81.4 Å². The molecule has 8 rings (SSSR count). The summed E-state index contributed by atoms with van der Waals surface area (Å²) in [4.78, 5) is 11.6. The summed E-state index contributed by atoms with van der Waals surface area (Å²) in [5.41, 5.74) is 1.47. The average Bonchev–Trinajstić information content (AvgIpc) is 3.77. The van der Waals surface area contributed by atoms with Crippen molar-refractivity contribution in [2.75, 3.05) is 13.7 Å². The summed E-state index contributed by atoms with van der Waals surface area (Å²) < 4.78 is 4.81. The zero-order valence-electron chi connectivity index (χ0n) is 40.4. The molecule has 8 aliphatic carbocycles. The number of methoxy groups -OCH3 is 1. The minimum atomic E-state index is -0.255. The van der Waals surface area contributed by atoms with E-state index in [-0.39, 0.29) is 37.6 Å². The van der Waals surface area contributed by atoms with E-state index in [1.54, 1.807) is 6.08 Å². The van der Waals surface area contributed by atoms with Crippen LogP contribution in [0.2, 0.25) is 0 Å². The molecular formula is C56H96O5. The van der Waals surface area contributed by atoms with Crippen LogP contribution in [0.1, 0.15) is 179 Å². The van der Waals surface area contributed by atoms with Gasteiger partial charge in [-0.3, -0.25) is 0 Å². The molecule has 0 aromatic heterocycles. The molecule has 0 aliphatic heterocycles. The molecule has 0 aromatic rings. The number of fused-ring (bicyclic) bond motifs is 10. The van der Waals surface area contributed by atoms with E-state index < -0.39 is 0 Å². The van der Waals surface area contributed by atoms with Gasteiger partial charge in [-0.05, 0) is 193 Å². The van der Waals surface area contributed by atoms with Crippen molar-refractivity contribution in [1.29, 1.82) is 0 Å². The number of carbonyl (C=O) groups is 1. The van der Waals surface area contributed by atoms with Gasteiger partial charge in [0.05, 0.1) is 25.9 Å². The van der Waals surface area contributed by atoms with Crippen LogP contribution in [-0.4, -0.2) is 47.2 Å². The SMILES string of the molecule is C.CC[C@H]1[C@@H](O)[C@@H]2[C@H](CC[C@]3(C)[C@@H]([C@H](C)/C=C/C(=O)OC)CC[C@@H]23)[C@@]2(C)CC[C@@H](C)C[C@@H]12.CC[C@H]1[C@@H](O)[C@@H]2[C@H](CC[C@]3(C)[C@@H]([C@H](C)/C=C/CO)CC[C@@H]23)[C@@]2(C)CC[C@@H](C)C[C@@H]12. The van der Waals surface area contributed by atoms with E-state index in [1.165, 1.54) is 97.0 Å². The van der Waals surface area contributed by atoms with E-state index in [0.29, 0.717) is 87.3 Å². The molecule has 0 spiro atoms. The molecule has 0 bridgehead atoms. The third-order valence-electron chi connectivity index (χ3n) is 22.1. The van der Waals surface area contributed by atoms with Crippen molar-refractivity contribution in [3.05, 3.63) is 24.3 Å². The summed E-state index contributed by atoms with van der Waals surface area (Å²) in [6, 6.07) is 0. The van der Waals surface area contributed by atoms with Gasteiger partial charge < -0.3 is 20.1 Å². The van der Waals surface area contributed by atoms with Gasteiger partial charge in [-0.2, -0.15) is 0 Å². The van der Waals surface area contributed by atoms with Crippen molar-refractivity contribution in [2.24, 2.45) is 116 Å². The third kappa shape index (κ3) is 8.24. The second-order valence-electron chi connectivity index (χ2n) is 24.4. The molecular weight excluding hydrogens is 753 g/mol. The molecule has 8 aliphatic rings. The summed E-state index contributed by atoms with van der Waals surface area (Å²) in [7, 11) is 1.44. The van der Waals surface area contributed by atoms with Crippen molar-refractivity contribution in [2.45, 2.75) is 192 Å². The lowest BCUT2D eigenvalue weighted by molar-refractivity contribution is -0.198. The number of aliphatic hydroxyl groups excluding tert-OH is 3. The number of esters is 1. The lowest BCUT2D eigenvalue weighted by Crippen LogP contribution is -2.61. The third-order valence-corrected chi connectivity index (χ3v) is 22.1. The first kappa shape index (κ1) is 49.3. The Labute approximate surface area is 375 Å². The second-order valence-corrected chi connectivity index (χ2v) is 24.4. The predicted molar refractivity (Wildman–Crippen MR) is 252 cm³/mol. The van der Waals surface area contributed by atoms with Gasteiger partial charge in [-0.25, -0.2) is 4.79 Å². The molecule has 0 heterocycles. The Kier molecular flexibility index (Phi) is 15.3. The number of ether oxygens (including phenoxy) is 1. The summed E-state index contributed by atoms with van der Waals surface area (Å²) in [5.74, 6) is 9.60. The smallest absolute Gasteiger partial charge is 0.330 e. The summed E-state index contributed by atoms with van der Waals surface area (Å²) in [5, 5.41) is 32.8. The van der Waals surface area contributed by atoms with Crippen molar-refractivity contribution in [1.82, 2.24) is 0 Å². The lowest BCUT2D eigenvalue weighted by Gasteiger charge is -2.65. The zero-order chi connectivity index (χ0) is 43.5. The van der Waals surface area contributed by atoms with E-state index in [9.17, 15) is 20.1 Å². The second kappa shape index (κ2) is 19.0. The van der Waals surface area contributed by atoms with E-state index in [1.807, 2.05) is 6.08 Å². The van der Waals surface area contributed by atoms with Gasteiger partial charge in [0.25, 0.3) is 0 Å². The predicted octanol–water partition coefficient (Wildman–Crippen LogP) is 13.0. The Morgan fingerprint density at radius 2 is 1.02 bits per heavy atom. The van der Waals surface area contributed by atoms with Gasteiger partial charge in [-0.15, -0.1) is 0 Å². The number of hydrogen-bond acceptors (Lipinski definition) is 5. The molecule has 0 aromatic carbocycles. The van der Waals surface area contributed by atoms with Crippen LogP contribution in [0.4, 0.5) is 0 Å². The van der Waals surface area contributed by atoms with Crippen LogP contribution >= 0.6 is 0 Å². The van der Waals surface area contributed by atoms with Crippen LogP contribution in [0.25, 0.3) is 0 Å². The maximum atomic E-state index is 11.8. The molecule has 3 N–H and O–H groups in total. The number of aliphatic hydroxyl groups is 3. The van der Waals surface area contributed by atoms with Gasteiger partial charge >= 0.3 is 5.97 Å². The van der Waals surface area contributed by atoms with Crippen LogP contribution in [0.15, 0.2) is 24.3 Å². The van der Waals surface area contributed by atoms with Crippen LogP contribution < -0.4 is 0 Å². The van der Waals surface area contributed by atoms with Crippen molar-refractivity contribution < 1.29 is 24.9 Å². The molecule has 0 unspecified atom stereocenters. The van der Waals surface area contributed by atoms with E-state index in [0.717, 1.165) is 36.5 Å². The highest BCUT2D eigenvalue weighted by Crippen LogP contribution is 2.71. The Hall–Kier alpha value is -1.17. The number of rotatable bonds is 8. The fourth-order valence-corrected chi connectivity index (χ4v) is 19.0. The molecule has 0 saturated heterocycles. The first-order valence-electron chi connectivity index (χ1n) is 25.8. The summed E-state index contributed by atoms with van der Waals surface area (Å²) in [6.45, 7) is 24.6. The van der Waals surface area contributed by atoms with Crippen LogP contribution in [0, 0.1) is 116 Å². The zero-order valence-corrected chi connectivity index (χ0v) is 40.4. The highest BCUT2D eigenvalue weighted by molar-refractivity contribution is 5.81. The van der Waals surface area contributed by atoms with Crippen LogP contribution in [0.3, 0.4) is 0 Å². The number of hydrogen-bond donors (Lipinski definition) is 3. The van der Waals surface area contributed by atoms with Gasteiger partial charge in [0.2, 0.25) is 0 Å². The van der Waals surface area contributed by atoms with Crippen molar-refractivity contribution in [3.63, 3.8) is 0 Å². The maximum absolute atomic E-state index is 11.8. The largest absolute Gasteiger partial charge is 0.466 e. The Morgan fingerprint density at radius 1 is 0.623 bits per heavy atom. The van der Waals surface area contributed by atoms with Crippen LogP contribution in [0.5, 0.6) is 0 Å². The fraction of sp³-hybridized carbons (Fsp3) is 0.911. The van der Waals surface area contributed by atoms with Crippen molar-refractivity contribution >= 4 is 5.97 Å². The monoisotopic (exact) mass is 849 g/mol. The van der Waals surface area contributed by atoms with Crippen molar-refractivity contribution in [3.8, 4) is 0 Å². The highest BCUT2D eigenvalue weighted by Gasteiger charge is 2.66. The Bertz CT molecular complexity index is 1540. The molecule has 61 heavy (non-hydrogen) atoms. The minimum Gasteiger partial charge on any atom is -0.466 e.